The minimum Gasteiger partial charge on any atom is -0.385 e. The highest BCUT2D eigenvalue weighted by Crippen LogP contribution is 2.15. The van der Waals surface area contributed by atoms with Crippen LogP contribution in [0.1, 0.15) is 28.2 Å². The zero-order valence-electron chi connectivity index (χ0n) is 16.8. The van der Waals surface area contributed by atoms with E-state index in [9.17, 15) is 9.59 Å². The van der Waals surface area contributed by atoms with Crippen molar-refractivity contribution in [1.82, 2.24) is 29.7 Å². The van der Waals surface area contributed by atoms with E-state index in [0.717, 1.165) is 17.8 Å². The summed E-state index contributed by atoms with van der Waals surface area (Å²) >= 11 is 0. The number of rotatable bonds is 7. The number of hydrogen-bond donors (Lipinski definition) is 1. The normalized spacial score (nSPS) is 15.2. The second-order valence-corrected chi connectivity index (χ2v) is 7.10. The van der Waals surface area contributed by atoms with Crippen molar-refractivity contribution in [3.05, 3.63) is 29.2 Å². The topological polar surface area (TPSA) is 92.1 Å². The van der Waals surface area contributed by atoms with E-state index in [1.54, 1.807) is 17.8 Å². The lowest BCUT2D eigenvalue weighted by molar-refractivity contribution is -0.122. The van der Waals surface area contributed by atoms with E-state index in [1.807, 2.05) is 24.8 Å². The summed E-state index contributed by atoms with van der Waals surface area (Å²) in [6.45, 7) is 7.96. The van der Waals surface area contributed by atoms with Crippen LogP contribution in [0.15, 0.2) is 12.3 Å². The summed E-state index contributed by atoms with van der Waals surface area (Å²) in [6.07, 6.45) is 2.40. The van der Waals surface area contributed by atoms with Gasteiger partial charge in [0.2, 0.25) is 5.91 Å². The van der Waals surface area contributed by atoms with Gasteiger partial charge in [-0.25, -0.2) is 9.50 Å². The molecule has 2 aromatic heterocycles. The number of ether oxygens (including phenoxy) is 1. The van der Waals surface area contributed by atoms with Gasteiger partial charge in [0.1, 0.15) is 5.56 Å². The Morgan fingerprint density at radius 2 is 1.96 bits per heavy atom. The molecule has 0 bridgehead atoms. The molecule has 3 heterocycles. The van der Waals surface area contributed by atoms with Crippen LogP contribution in [0.2, 0.25) is 0 Å². The van der Waals surface area contributed by atoms with Gasteiger partial charge in [0, 0.05) is 57.8 Å². The average Bonchev–Trinajstić information content (AvgIpc) is 3.09. The Balaban J connectivity index is 1.54. The van der Waals surface area contributed by atoms with Crippen LogP contribution in [-0.2, 0) is 9.53 Å². The summed E-state index contributed by atoms with van der Waals surface area (Å²) in [7, 11) is 1.65. The van der Waals surface area contributed by atoms with Crippen molar-refractivity contribution in [2.45, 2.75) is 20.3 Å². The second kappa shape index (κ2) is 9.11. The molecule has 0 saturated carbocycles. The van der Waals surface area contributed by atoms with E-state index in [-0.39, 0.29) is 11.8 Å². The summed E-state index contributed by atoms with van der Waals surface area (Å²) in [5, 5.41) is 7.20. The van der Waals surface area contributed by atoms with E-state index < -0.39 is 0 Å². The largest absolute Gasteiger partial charge is 0.385 e. The molecular weight excluding hydrogens is 360 g/mol. The third kappa shape index (κ3) is 4.66. The van der Waals surface area contributed by atoms with Crippen LogP contribution in [0.4, 0.5) is 0 Å². The SMILES string of the molecule is COCCCNC(=O)CN1CCN(C(=O)c2cnn3c(C)cc(C)nc23)CC1. The first kappa shape index (κ1) is 20.2. The molecule has 3 rings (SSSR count). The maximum atomic E-state index is 13.0. The molecule has 9 nitrogen and oxygen atoms in total. The van der Waals surface area contributed by atoms with E-state index in [0.29, 0.717) is 57.1 Å². The van der Waals surface area contributed by atoms with Crippen LogP contribution in [0.25, 0.3) is 5.65 Å². The van der Waals surface area contributed by atoms with Crippen molar-refractivity contribution in [3.63, 3.8) is 0 Å². The van der Waals surface area contributed by atoms with Gasteiger partial charge in [0.25, 0.3) is 5.91 Å². The minimum atomic E-state index is -0.0591. The summed E-state index contributed by atoms with van der Waals surface area (Å²) in [5.74, 6) is -0.0511. The lowest BCUT2D eigenvalue weighted by atomic mass is 10.2. The molecule has 9 heteroatoms. The summed E-state index contributed by atoms with van der Waals surface area (Å²) in [4.78, 5) is 33.3. The third-order valence-corrected chi connectivity index (χ3v) is 4.88. The van der Waals surface area contributed by atoms with Crippen LogP contribution >= 0.6 is 0 Å². The number of piperazine rings is 1. The number of aryl methyl sites for hydroxylation is 2. The average molecular weight is 388 g/mol. The zero-order valence-corrected chi connectivity index (χ0v) is 16.8. The molecule has 152 valence electrons. The number of fused-ring (bicyclic) bond motifs is 1. The van der Waals surface area contributed by atoms with Gasteiger partial charge in [-0.3, -0.25) is 14.5 Å². The first-order valence-electron chi connectivity index (χ1n) is 9.59. The molecule has 1 N–H and O–H groups in total. The monoisotopic (exact) mass is 388 g/mol. The zero-order chi connectivity index (χ0) is 20.1. The molecule has 28 heavy (non-hydrogen) atoms. The Morgan fingerprint density at radius 3 is 2.68 bits per heavy atom. The quantitative estimate of drug-likeness (QED) is 0.684. The van der Waals surface area contributed by atoms with Crippen molar-refractivity contribution >= 4 is 17.5 Å². The standard InChI is InChI=1S/C19H28N6O3/c1-14-11-15(2)25-18(22-14)16(12-21-25)19(27)24-8-6-23(7-9-24)13-17(26)20-5-4-10-28-3/h11-12H,4-10,13H2,1-3H3,(H,20,26). The molecule has 1 fully saturated rings. The molecule has 0 spiro atoms. The predicted octanol–water partition coefficient (Wildman–Crippen LogP) is 0.257. The predicted molar refractivity (Wildman–Crippen MR) is 104 cm³/mol. The summed E-state index contributed by atoms with van der Waals surface area (Å²) < 4.78 is 6.67. The molecule has 0 aliphatic carbocycles. The van der Waals surface area contributed by atoms with Gasteiger partial charge >= 0.3 is 0 Å². The van der Waals surface area contributed by atoms with Gasteiger partial charge in [0.05, 0.1) is 12.7 Å². The highest BCUT2D eigenvalue weighted by molar-refractivity contribution is 5.99. The number of aromatic nitrogens is 3. The van der Waals surface area contributed by atoms with Crippen molar-refractivity contribution in [3.8, 4) is 0 Å². The van der Waals surface area contributed by atoms with Crippen molar-refractivity contribution in [2.75, 3.05) is 53.0 Å². The van der Waals surface area contributed by atoms with Crippen LogP contribution in [0, 0.1) is 13.8 Å². The second-order valence-electron chi connectivity index (χ2n) is 7.10. The van der Waals surface area contributed by atoms with Gasteiger partial charge in [-0.05, 0) is 26.3 Å². The van der Waals surface area contributed by atoms with Crippen LogP contribution in [-0.4, -0.2) is 89.2 Å². The Hall–Kier alpha value is -2.52. The molecule has 0 unspecified atom stereocenters. The Bertz CT molecular complexity index is 842. The van der Waals surface area contributed by atoms with Gasteiger partial charge < -0.3 is 15.0 Å². The molecule has 2 aromatic rings. The van der Waals surface area contributed by atoms with Crippen molar-refractivity contribution in [2.24, 2.45) is 0 Å². The molecule has 1 aliphatic heterocycles. The number of amides is 2. The number of nitrogens with one attached hydrogen (secondary N) is 1. The Morgan fingerprint density at radius 1 is 1.21 bits per heavy atom. The van der Waals surface area contributed by atoms with E-state index in [1.165, 1.54) is 0 Å². The molecule has 1 saturated heterocycles. The number of carbonyl (C=O) groups excluding carboxylic acids is 2. The fourth-order valence-electron chi connectivity index (χ4n) is 3.40. The fourth-order valence-corrected chi connectivity index (χ4v) is 3.40. The minimum absolute atomic E-state index is 0.00802. The van der Waals surface area contributed by atoms with E-state index >= 15 is 0 Å². The summed E-state index contributed by atoms with van der Waals surface area (Å²) in [6, 6.07) is 1.94. The molecule has 1 aliphatic rings. The first-order valence-corrected chi connectivity index (χ1v) is 9.59. The fraction of sp³-hybridized carbons (Fsp3) is 0.579. The smallest absolute Gasteiger partial charge is 0.259 e. The van der Waals surface area contributed by atoms with Gasteiger partial charge in [0.15, 0.2) is 5.65 Å². The molecule has 0 radical (unpaired) electrons. The number of carbonyl (C=O) groups is 2. The Labute approximate surface area is 164 Å². The maximum Gasteiger partial charge on any atom is 0.259 e. The van der Waals surface area contributed by atoms with E-state index in [4.69, 9.17) is 4.74 Å². The molecule has 2 amide bonds. The highest BCUT2D eigenvalue weighted by atomic mass is 16.5. The van der Waals surface area contributed by atoms with Crippen LogP contribution in [0.5, 0.6) is 0 Å². The van der Waals surface area contributed by atoms with Crippen LogP contribution < -0.4 is 5.32 Å². The van der Waals surface area contributed by atoms with Gasteiger partial charge in [-0.2, -0.15) is 5.10 Å². The van der Waals surface area contributed by atoms with Gasteiger partial charge in [-0.1, -0.05) is 0 Å². The molecule has 0 atom stereocenters. The lowest BCUT2D eigenvalue weighted by Gasteiger charge is -2.34. The number of methoxy groups -OCH3 is 1. The van der Waals surface area contributed by atoms with Crippen molar-refractivity contribution in [1.29, 1.82) is 0 Å². The molecule has 0 aromatic carbocycles. The Kier molecular flexibility index (Phi) is 6.58. The maximum absolute atomic E-state index is 13.0. The highest BCUT2D eigenvalue weighted by Gasteiger charge is 2.26. The molecular formula is C19H28N6O3. The number of hydrogen-bond acceptors (Lipinski definition) is 6. The van der Waals surface area contributed by atoms with Crippen molar-refractivity contribution < 1.29 is 14.3 Å². The third-order valence-electron chi connectivity index (χ3n) is 4.88. The lowest BCUT2D eigenvalue weighted by Crippen LogP contribution is -2.51. The van der Waals surface area contributed by atoms with Gasteiger partial charge in [-0.15, -0.1) is 0 Å². The van der Waals surface area contributed by atoms with E-state index in [2.05, 4.69) is 20.3 Å². The number of nitrogens with zero attached hydrogens (tertiary/aromatic N) is 5. The summed E-state index contributed by atoms with van der Waals surface area (Å²) in [5.41, 5.74) is 2.93. The first-order chi connectivity index (χ1) is 13.5. The van der Waals surface area contributed by atoms with Crippen LogP contribution in [0.3, 0.4) is 0 Å².